The van der Waals surface area contributed by atoms with Crippen LogP contribution in [0.3, 0.4) is 0 Å². The first-order valence-electron chi connectivity index (χ1n) is 5.67. The van der Waals surface area contributed by atoms with Crippen LogP contribution >= 0.6 is 0 Å². The Bertz CT molecular complexity index is 289. The van der Waals surface area contributed by atoms with E-state index in [4.69, 9.17) is 5.11 Å². The monoisotopic (exact) mass is 228 g/mol. The van der Waals surface area contributed by atoms with Crippen molar-refractivity contribution in [3.05, 3.63) is 0 Å². The van der Waals surface area contributed by atoms with Gasteiger partial charge in [0.1, 0.15) is 5.54 Å². The van der Waals surface area contributed by atoms with Gasteiger partial charge in [0, 0.05) is 13.1 Å². The highest BCUT2D eigenvalue weighted by Crippen LogP contribution is 2.19. The summed E-state index contributed by atoms with van der Waals surface area (Å²) in [6, 6.07) is -0.275. The first-order valence-corrected chi connectivity index (χ1v) is 5.67. The van der Waals surface area contributed by atoms with Crippen LogP contribution in [0.15, 0.2) is 0 Å². The number of carboxylic acids is 1. The van der Waals surface area contributed by atoms with E-state index >= 15 is 0 Å². The summed E-state index contributed by atoms with van der Waals surface area (Å²) < 4.78 is 0. The first-order chi connectivity index (χ1) is 7.36. The van der Waals surface area contributed by atoms with E-state index in [9.17, 15) is 9.59 Å². The molecule has 1 fully saturated rings. The Labute approximate surface area is 95.8 Å². The standard InChI is InChI=1S/C11H20N2O3/c1-4-8-5-6-13(7-8)10(16)12-11(2,3)9(14)15/h8H,4-7H2,1-3H3,(H,12,16)(H,14,15). The highest BCUT2D eigenvalue weighted by Gasteiger charge is 2.33. The van der Waals surface area contributed by atoms with Gasteiger partial charge in [-0.1, -0.05) is 13.3 Å². The fourth-order valence-corrected chi connectivity index (χ4v) is 1.75. The Balaban J connectivity index is 2.51. The summed E-state index contributed by atoms with van der Waals surface area (Å²) in [5, 5.41) is 11.4. The predicted molar refractivity (Wildman–Crippen MR) is 60.2 cm³/mol. The van der Waals surface area contributed by atoms with Crippen LogP contribution in [0.25, 0.3) is 0 Å². The molecule has 1 saturated heterocycles. The molecule has 0 aromatic carbocycles. The Hall–Kier alpha value is -1.26. The molecule has 1 unspecified atom stereocenters. The molecule has 2 N–H and O–H groups in total. The van der Waals surface area contributed by atoms with Gasteiger partial charge in [0.25, 0.3) is 0 Å². The van der Waals surface area contributed by atoms with Crippen LogP contribution in [-0.4, -0.2) is 40.6 Å². The van der Waals surface area contributed by atoms with Gasteiger partial charge < -0.3 is 15.3 Å². The van der Waals surface area contributed by atoms with E-state index in [2.05, 4.69) is 12.2 Å². The van der Waals surface area contributed by atoms with Crippen molar-refractivity contribution >= 4 is 12.0 Å². The van der Waals surface area contributed by atoms with Gasteiger partial charge in [0.2, 0.25) is 0 Å². The summed E-state index contributed by atoms with van der Waals surface area (Å²) in [7, 11) is 0. The zero-order valence-electron chi connectivity index (χ0n) is 10.1. The molecular weight excluding hydrogens is 208 g/mol. The summed E-state index contributed by atoms with van der Waals surface area (Å²) >= 11 is 0. The minimum Gasteiger partial charge on any atom is -0.480 e. The third-order valence-corrected chi connectivity index (χ3v) is 3.10. The van der Waals surface area contributed by atoms with Gasteiger partial charge in [-0.05, 0) is 26.2 Å². The number of likely N-dealkylation sites (tertiary alicyclic amines) is 1. The van der Waals surface area contributed by atoms with Gasteiger partial charge in [-0.15, -0.1) is 0 Å². The van der Waals surface area contributed by atoms with Gasteiger partial charge in [-0.2, -0.15) is 0 Å². The smallest absolute Gasteiger partial charge is 0.328 e. The number of hydrogen-bond acceptors (Lipinski definition) is 2. The van der Waals surface area contributed by atoms with E-state index < -0.39 is 11.5 Å². The predicted octanol–water partition coefficient (Wildman–Crippen LogP) is 1.29. The van der Waals surface area contributed by atoms with Crippen LogP contribution in [0.1, 0.15) is 33.6 Å². The number of hydrogen-bond donors (Lipinski definition) is 2. The number of urea groups is 1. The molecule has 0 spiro atoms. The number of carboxylic acid groups (broad SMARTS) is 1. The van der Waals surface area contributed by atoms with Gasteiger partial charge in [-0.25, -0.2) is 9.59 Å². The molecule has 5 heteroatoms. The normalized spacial score (nSPS) is 20.9. The van der Waals surface area contributed by atoms with Crippen molar-refractivity contribution < 1.29 is 14.7 Å². The molecule has 0 aromatic heterocycles. The zero-order chi connectivity index (χ0) is 12.3. The average Bonchev–Trinajstić information content (AvgIpc) is 2.64. The molecule has 1 heterocycles. The van der Waals surface area contributed by atoms with Crippen molar-refractivity contribution in [3.8, 4) is 0 Å². The highest BCUT2D eigenvalue weighted by molar-refractivity contribution is 5.85. The van der Waals surface area contributed by atoms with Crippen molar-refractivity contribution in [3.63, 3.8) is 0 Å². The first kappa shape index (κ1) is 12.8. The molecule has 0 radical (unpaired) electrons. The quantitative estimate of drug-likeness (QED) is 0.764. The van der Waals surface area contributed by atoms with Crippen LogP contribution < -0.4 is 5.32 Å². The second-order valence-corrected chi connectivity index (χ2v) is 4.87. The van der Waals surface area contributed by atoms with Crippen molar-refractivity contribution in [2.45, 2.75) is 39.2 Å². The topological polar surface area (TPSA) is 69.6 Å². The lowest BCUT2D eigenvalue weighted by Gasteiger charge is -2.25. The Kier molecular flexibility index (Phi) is 3.78. The summed E-state index contributed by atoms with van der Waals surface area (Å²) in [6.45, 7) is 6.53. The second-order valence-electron chi connectivity index (χ2n) is 4.87. The molecule has 2 amide bonds. The Morgan fingerprint density at radius 3 is 2.56 bits per heavy atom. The minimum atomic E-state index is -1.21. The maximum absolute atomic E-state index is 11.8. The molecule has 16 heavy (non-hydrogen) atoms. The van der Waals surface area contributed by atoms with Crippen molar-refractivity contribution in [2.24, 2.45) is 5.92 Å². The summed E-state index contributed by atoms with van der Waals surface area (Å²) in [5.74, 6) is -0.467. The minimum absolute atomic E-state index is 0.275. The van der Waals surface area contributed by atoms with E-state index in [0.717, 1.165) is 25.9 Å². The van der Waals surface area contributed by atoms with Crippen LogP contribution in [0.4, 0.5) is 4.79 Å². The number of rotatable bonds is 3. The van der Waals surface area contributed by atoms with Crippen molar-refractivity contribution in [1.29, 1.82) is 0 Å². The number of amides is 2. The number of nitrogens with zero attached hydrogens (tertiary/aromatic N) is 1. The average molecular weight is 228 g/mol. The van der Waals surface area contributed by atoms with E-state index in [1.807, 2.05) is 0 Å². The third kappa shape index (κ3) is 2.87. The number of nitrogens with one attached hydrogen (secondary N) is 1. The van der Waals surface area contributed by atoms with Gasteiger partial charge in [0.05, 0.1) is 0 Å². The molecular formula is C11H20N2O3. The number of carbonyl (C=O) groups excluding carboxylic acids is 1. The maximum Gasteiger partial charge on any atom is 0.328 e. The molecule has 0 aromatic rings. The summed E-state index contributed by atoms with van der Waals surface area (Å²) in [6.07, 6.45) is 2.07. The highest BCUT2D eigenvalue weighted by atomic mass is 16.4. The van der Waals surface area contributed by atoms with Gasteiger partial charge in [-0.3, -0.25) is 0 Å². The summed E-state index contributed by atoms with van der Waals surface area (Å²) in [4.78, 5) is 24.3. The number of aliphatic carboxylic acids is 1. The fraction of sp³-hybridized carbons (Fsp3) is 0.818. The SMILES string of the molecule is CCC1CCN(C(=O)NC(C)(C)C(=O)O)C1. The molecule has 92 valence electrons. The largest absolute Gasteiger partial charge is 0.480 e. The fourth-order valence-electron chi connectivity index (χ4n) is 1.75. The second kappa shape index (κ2) is 4.72. The molecule has 0 saturated carbocycles. The molecule has 1 rings (SSSR count). The molecule has 1 atom stereocenters. The lowest BCUT2D eigenvalue weighted by atomic mass is 10.1. The van der Waals surface area contributed by atoms with E-state index in [1.165, 1.54) is 13.8 Å². The lowest BCUT2D eigenvalue weighted by Crippen LogP contribution is -2.53. The number of carbonyl (C=O) groups is 2. The van der Waals surface area contributed by atoms with Gasteiger partial charge in [0.15, 0.2) is 0 Å². The molecule has 0 bridgehead atoms. The molecule has 0 aliphatic carbocycles. The van der Waals surface area contributed by atoms with E-state index in [1.54, 1.807) is 4.90 Å². The van der Waals surface area contributed by atoms with Crippen LogP contribution in [-0.2, 0) is 4.79 Å². The summed E-state index contributed by atoms with van der Waals surface area (Å²) in [5.41, 5.74) is -1.21. The van der Waals surface area contributed by atoms with Crippen LogP contribution in [0.5, 0.6) is 0 Å². The Morgan fingerprint density at radius 2 is 2.12 bits per heavy atom. The Morgan fingerprint density at radius 1 is 1.50 bits per heavy atom. The molecule has 5 nitrogen and oxygen atoms in total. The van der Waals surface area contributed by atoms with Crippen LogP contribution in [0.2, 0.25) is 0 Å². The van der Waals surface area contributed by atoms with Crippen molar-refractivity contribution in [1.82, 2.24) is 10.2 Å². The van der Waals surface area contributed by atoms with Crippen molar-refractivity contribution in [2.75, 3.05) is 13.1 Å². The van der Waals surface area contributed by atoms with Gasteiger partial charge >= 0.3 is 12.0 Å². The van der Waals surface area contributed by atoms with E-state index in [0.29, 0.717) is 5.92 Å². The molecule has 1 aliphatic heterocycles. The third-order valence-electron chi connectivity index (χ3n) is 3.10. The maximum atomic E-state index is 11.8. The van der Waals surface area contributed by atoms with E-state index in [-0.39, 0.29) is 6.03 Å². The lowest BCUT2D eigenvalue weighted by molar-refractivity contribution is -0.143. The zero-order valence-corrected chi connectivity index (χ0v) is 10.1. The molecule has 1 aliphatic rings. The van der Waals surface area contributed by atoms with Crippen LogP contribution in [0, 0.1) is 5.92 Å².